The monoisotopic (exact) mass is 238 g/mol. The van der Waals surface area contributed by atoms with Gasteiger partial charge in [0.25, 0.3) is 0 Å². The Kier molecular flexibility index (Phi) is 3.56. The SMILES string of the molecule is O=C([O-])c1nc2ccccc2n1C1CCC1.[Na+]. The molecule has 0 atom stereocenters. The molecule has 0 radical (unpaired) electrons. The molecule has 1 heterocycles. The fraction of sp³-hybridized carbons (Fsp3) is 0.333. The molecular formula is C12H11N2NaO2. The fourth-order valence-electron chi connectivity index (χ4n) is 2.20. The number of rotatable bonds is 2. The Balaban J connectivity index is 0.00000108. The second-order valence-electron chi connectivity index (χ2n) is 4.17. The van der Waals surface area contributed by atoms with E-state index in [0.717, 1.165) is 30.3 Å². The zero-order valence-corrected chi connectivity index (χ0v) is 11.7. The second-order valence-corrected chi connectivity index (χ2v) is 4.17. The Morgan fingerprint density at radius 2 is 2.06 bits per heavy atom. The van der Waals surface area contributed by atoms with Gasteiger partial charge in [-0.3, -0.25) is 0 Å². The van der Waals surface area contributed by atoms with Gasteiger partial charge in [0.05, 0.1) is 11.0 Å². The molecule has 0 N–H and O–H groups in total. The van der Waals surface area contributed by atoms with Gasteiger partial charge < -0.3 is 14.5 Å². The van der Waals surface area contributed by atoms with Gasteiger partial charge in [-0.25, -0.2) is 4.98 Å². The molecule has 1 saturated carbocycles. The molecule has 0 bridgehead atoms. The smallest absolute Gasteiger partial charge is 0.542 e. The number of hydrogen-bond donors (Lipinski definition) is 0. The van der Waals surface area contributed by atoms with Gasteiger partial charge in [0.1, 0.15) is 5.97 Å². The van der Waals surface area contributed by atoms with Crippen molar-refractivity contribution in [2.24, 2.45) is 0 Å². The first-order valence-electron chi connectivity index (χ1n) is 5.45. The minimum Gasteiger partial charge on any atom is -0.542 e. The molecule has 0 aliphatic heterocycles. The van der Waals surface area contributed by atoms with Crippen LogP contribution in [0.3, 0.4) is 0 Å². The summed E-state index contributed by atoms with van der Waals surface area (Å²) in [7, 11) is 0. The Bertz CT molecular complexity index is 561. The van der Waals surface area contributed by atoms with Crippen LogP contribution >= 0.6 is 0 Å². The maximum absolute atomic E-state index is 11.0. The number of aromatic nitrogens is 2. The number of nitrogens with zero attached hydrogens (tertiary/aromatic N) is 2. The predicted octanol–water partition coefficient (Wildman–Crippen LogP) is -1.87. The van der Waals surface area contributed by atoms with E-state index in [-0.39, 0.29) is 41.4 Å². The number of aromatic carboxylic acids is 1. The minimum absolute atomic E-state index is 0. The van der Waals surface area contributed by atoms with Gasteiger partial charge in [-0.05, 0) is 31.4 Å². The van der Waals surface area contributed by atoms with E-state index in [1.807, 2.05) is 28.8 Å². The number of carbonyl (C=O) groups is 1. The Hall–Kier alpha value is -0.840. The van der Waals surface area contributed by atoms with Gasteiger partial charge in [0, 0.05) is 6.04 Å². The minimum atomic E-state index is -1.19. The van der Waals surface area contributed by atoms with Gasteiger partial charge >= 0.3 is 29.6 Å². The van der Waals surface area contributed by atoms with Gasteiger partial charge in [-0.15, -0.1) is 0 Å². The van der Waals surface area contributed by atoms with Crippen LogP contribution in [-0.2, 0) is 0 Å². The number of para-hydroxylation sites is 2. The predicted molar refractivity (Wildman–Crippen MR) is 57.0 cm³/mol. The number of carboxylic acid groups (broad SMARTS) is 1. The molecule has 1 aromatic carbocycles. The molecule has 1 aliphatic rings. The van der Waals surface area contributed by atoms with Gasteiger partial charge in [0.15, 0.2) is 5.82 Å². The van der Waals surface area contributed by atoms with E-state index < -0.39 is 5.97 Å². The van der Waals surface area contributed by atoms with E-state index >= 15 is 0 Å². The number of benzene rings is 1. The van der Waals surface area contributed by atoms with Crippen LogP contribution in [0.15, 0.2) is 24.3 Å². The number of imidazole rings is 1. The third kappa shape index (κ3) is 2.01. The van der Waals surface area contributed by atoms with Crippen LogP contribution in [0.1, 0.15) is 35.9 Å². The van der Waals surface area contributed by atoms with Crippen molar-refractivity contribution in [3.05, 3.63) is 30.1 Å². The molecule has 0 spiro atoms. The molecule has 17 heavy (non-hydrogen) atoms. The number of carboxylic acids is 1. The van der Waals surface area contributed by atoms with Crippen molar-refractivity contribution in [1.82, 2.24) is 9.55 Å². The van der Waals surface area contributed by atoms with E-state index in [0.29, 0.717) is 0 Å². The van der Waals surface area contributed by atoms with E-state index in [1.54, 1.807) is 0 Å². The Morgan fingerprint density at radius 3 is 2.65 bits per heavy atom. The van der Waals surface area contributed by atoms with E-state index in [2.05, 4.69) is 4.98 Å². The van der Waals surface area contributed by atoms with Crippen LogP contribution in [0.4, 0.5) is 0 Å². The first kappa shape index (κ1) is 12.6. The van der Waals surface area contributed by atoms with Crippen molar-refractivity contribution in [2.75, 3.05) is 0 Å². The normalized spacial score (nSPS) is 15.3. The first-order chi connectivity index (χ1) is 7.77. The topological polar surface area (TPSA) is 57.9 Å². The molecule has 2 aromatic rings. The maximum Gasteiger partial charge on any atom is 1.00 e. The van der Waals surface area contributed by atoms with Crippen LogP contribution in [0.25, 0.3) is 11.0 Å². The van der Waals surface area contributed by atoms with Crippen LogP contribution in [-0.4, -0.2) is 15.5 Å². The molecular weight excluding hydrogens is 227 g/mol. The number of hydrogen-bond acceptors (Lipinski definition) is 3. The Labute approximate surface area is 121 Å². The maximum atomic E-state index is 11.0. The summed E-state index contributed by atoms with van der Waals surface area (Å²) in [6.07, 6.45) is 3.21. The number of fused-ring (bicyclic) bond motifs is 1. The zero-order valence-electron chi connectivity index (χ0n) is 9.72. The quantitative estimate of drug-likeness (QED) is 0.576. The molecule has 4 nitrogen and oxygen atoms in total. The summed E-state index contributed by atoms with van der Waals surface area (Å²) in [6.45, 7) is 0. The van der Waals surface area contributed by atoms with Crippen molar-refractivity contribution in [3.63, 3.8) is 0 Å². The molecule has 0 amide bonds. The van der Waals surface area contributed by atoms with Crippen molar-refractivity contribution in [1.29, 1.82) is 0 Å². The van der Waals surface area contributed by atoms with Crippen molar-refractivity contribution < 1.29 is 39.5 Å². The van der Waals surface area contributed by atoms with Gasteiger partial charge in [-0.2, -0.15) is 0 Å². The van der Waals surface area contributed by atoms with Crippen LogP contribution in [0, 0.1) is 0 Å². The molecule has 3 rings (SSSR count). The van der Waals surface area contributed by atoms with Crippen molar-refractivity contribution in [3.8, 4) is 0 Å². The van der Waals surface area contributed by atoms with E-state index in [4.69, 9.17) is 0 Å². The molecule has 1 aliphatic carbocycles. The average molecular weight is 238 g/mol. The molecule has 82 valence electrons. The van der Waals surface area contributed by atoms with E-state index in [9.17, 15) is 9.90 Å². The summed E-state index contributed by atoms with van der Waals surface area (Å²) in [4.78, 5) is 15.2. The van der Waals surface area contributed by atoms with Gasteiger partial charge in [-0.1, -0.05) is 12.1 Å². The van der Waals surface area contributed by atoms with Crippen LogP contribution < -0.4 is 34.7 Å². The summed E-state index contributed by atoms with van der Waals surface area (Å²) in [6, 6.07) is 7.78. The van der Waals surface area contributed by atoms with Crippen molar-refractivity contribution in [2.45, 2.75) is 25.3 Å². The van der Waals surface area contributed by atoms with Crippen LogP contribution in [0.5, 0.6) is 0 Å². The summed E-state index contributed by atoms with van der Waals surface area (Å²) >= 11 is 0. The standard InChI is InChI=1S/C12H12N2O2.Na/c15-12(16)11-13-9-6-1-2-7-10(9)14(11)8-4-3-5-8;/h1-2,6-8H,3-5H2,(H,15,16);/q;+1/p-1. The zero-order chi connectivity index (χ0) is 11.1. The van der Waals surface area contributed by atoms with Gasteiger partial charge in [0.2, 0.25) is 0 Å². The molecule has 5 heteroatoms. The summed E-state index contributed by atoms with van der Waals surface area (Å²) in [5.41, 5.74) is 1.63. The Morgan fingerprint density at radius 1 is 1.35 bits per heavy atom. The number of carbonyl (C=O) groups excluding carboxylic acids is 1. The average Bonchev–Trinajstić information content (AvgIpc) is 2.56. The van der Waals surface area contributed by atoms with Crippen LogP contribution in [0.2, 0.25) is 0 Å². The van der Waals surface area contributed by atoms with E-state index in [1.165, 1.54) is 0 Å². The molecule has 0 saturated heterocycles. The van der Waals surface area contributed by atoms with Crippen molar-refractivity contribution >= 4 is 17.0 Å². The molecule has 1 fully saturated rings. The second kappa shape index (κ2) is 4.80. The summed E-state index contributed by atoms with van der Waals surface area (Å²) in [5, 5.41) is 11.0. The fourth-order valence-corrected chi connectivity index (χ4v) is 2.20. The molecule has 1 aromatic heterocycles. The summed E-state index contributed by atoms with van der Waals surface area (Å²) < 4.78 is 1.81. The third-order valence-electron chi connectivity index (χ3n) is 3.22. The third-order valence-corrected chi connectivity index (χ3v) is 3.22. The molecule has 0 unspecified atom stereocenters. The first-order valence-corrected chi connectivity index (χ1v) is 5.45. The largest absolute Gasteiger partial charge is 1.00 e. The summed E-state index contributed by atoms with van der Waals surface area (Å²) in [5.74, 6) is -1.13.